The van der Waals surface area contributed by atoms with Crippen LogP contribution in [-0.2, 0) is 0 Å². The molecular formula is C17H31N. The smallest absolute Gasteiger partial charge is 0.0127 e. The van der Waals surface area contributed by atoms with E-state index in [1.807, 2.05) is 0 Å². The molecule has 3 unspecified atom stereocenters. The Kier molecular flexibility index (Phi) is 3.71. The highest BCUT2D eigenvalue weighted by atomic mass is 15.0. The second-order valence-corrected chi connectivity index (χ2v) is 7.86. The molecule has 0 saturated heterocycles. The Hall–Kier alpha value is -0.0400. The number of hydrogen-bond acceptors (Lipinski definition) is 1. The first-order valence-corrected chi connectivity index (χ1v) is 8.43. The van der Waals surface area contributed by atoms with E-state index in [0.29, 0.717) is 5.41 Å². The topological polar surface area (TPSA) is 12.0 Å². The molecule has 0 amide bonds. The van der Waals surface area contributed by atoms with Gasteiger partial charge in [0.25, 0.3) is 0 Å². The molecule has 0 aliphatic heterocycles. The van der Waals surface area contributed by atoms with E-state index in [0.717, 1.165) is 23.9 Å². The van der Waals surface area contributed by atoms with Gasteiger partial charge in [0.1, 0.15) is 0 Å². The van der Waals surface area contributed by atoms with Crippen LogP contribution < -0.4 is 5.32 Å². The molecule has 104 valence electrons. The SMILES string of the molecule is CC1(C)CC1NC1CCCCC1C1CCCCC1. The maximum Gasteiger partial charge on any atom is 0.0127 e. The zero-order valence-electron chi connectivity index (χ0n) is 12.4. The predicted molar refractivity (Wildman–Crippen MR) is 77.6 cm³/mol. The molecule has 3 fully saturated rings. The van der Waals surface area contributed by atoms with E-state index in [-0.39, 0.29) is 0 Å². The van der Waals surface area contributed by atoms with Crippen molar-refractivity contribution in [2.24, 2.45) is 17.3 Å². The highest BCUT2D eigenvalue weighted by Gasteiger charge is 2.47. The molecule has 0 aromatic heterocycles. The van der Waals surface area contributed by atoms with Gasteiger partial charge in [-0.05, 0) is 36.5 Å². The van der Waals surface area contributed by atoms with Crippen molar-refractivity contribution >= 4 is 0 Å². The molecule has 3 saturated carbocycles. The first-order valence-electron chi connectivity index (χ1n) is 8.43. The lowest BCUT2D eigenvalue weighted by molar-refractivity contribution is 0.146. The van der Waals surface area contributed by atoms with E-state index in [1.54, 1.807) is 0 Å². The summed E-state index contributed by atoms with van der Waals surface area (Å²) in [6.07, 6.45) is 14.9. The average molecular weight is 249 g/mol. The maximum atomic E-state index is 4.03. The first-order chi connectivity index (χ1) is 8.67. The summed E-state index contributed by atoms with van der Waals surface area (Å²) in [5, 5.41) is 4.03. The fourth-order valence-electron chi connectivity index (χ4n) is 4.50. The quantitative estimate of drug-likeness (QED) is 0.776. The third-order valence-corrected chi connectivity index (χ3v) is 6.00. The Morgan fingerprint density at radius 2 is 1.44 bits per heavy atom. The van der Waals surface area contributed by atoms with Gasteiger partial charge in [-0.15, -0.1) is 0 Å². The highest BCUT2D eigenvalue weighted by Crippen LogP contribution is 2.47. The van der Waals surface area contributed by atoms with Crippen LogP contribution in [0.5, 0.6) is 0 Å². The monoisotopic (exact) mass is 249 g/mol. The van der Waals surface area contributed by atoms with Gasteiger partial charge < -0.3 is 5.32 Å². The van der Waals surface area contributed by atoms with Crippen LogP contribution >= 0.6 is 0 Å². The lowest BCUT2D eigenvalue weighted by Crippen LogP contribution is -2.44. The summed E-state index contributed by atoms with van der Waals surface area (Å²) in [7, 11) is 0. The molecule has 0 radical (unpaired) electrons. The number of rotatable bonds is 3. The summed E-state index contributed by atoms with van der Waals surface area (Å²) in [5.41, 5.74) is 0.592. The van der Waals surface area contributed by atoms with E-state index < -0.39 is 0 Å². The Morgan fingerprint density at radius 1 is 0.833 bits per heavy atom. The summed E-state index contributed by atoms with van der Waals surface area (Å²) < 4.78 is 0. The van der Waals surface area contributed by atoms with Crippen LogP contribution in [0.15, 0.2) is 0 Å². The molecule has 1 N–H and O–H groups in total. The van der Waals surface area contributed by atoms with Gasteiger partial charge in [-0.1, -0.05) is 58.8 Å². The van der Waals surface area contributed by atoms with Crippen LogP contribution in [0, 0.1) is 17.3 Å². The predicted octanol–water partition coefficient (Wildman–Crippen LogP) is 4.51. The molecule has 3 aliphatic carbocycles. The van der Waals surface area contributed by atoms with Crippen molar-refractivity contribution in [1.82, 2.24) is 5.32 Å². The normalized spacial score (nSPS) is 40.7. The van der Waals surface area contributed by atoms with Crippen molar-refractivity contribution < 1.29 is 0 Å². The van der Waals surface area contributed by atoms with Crippen LogP contribution in [-0.4, -0.2) is 12.1 Å². The minimum Gasteiger partial charge on any atom is -0.310 e. The average Bonchev–Trinajstić information content (AvgIpc) is 2.98. The van der Waals surface area contributed by atoms with E-state index >= 15 is 0 Å². The Balaban J connectivity index is 1.59. The van der Waals surface area contributed by atoms with Gasteiger partial charge >= 0.3 is 0 Å². The van der Waals surface area contributed by atoms with E-state index in [4.69, 9.17) is 0 Å². The maximum absolute atomic E-state index is 4.03. The van der Waals surface area contributed by atoms with Crippen LogP contribution in [0.1, 0.15) is 78.1 Å². The minimum atomic E-state index is 0.592. The summed E-state index contributed by atoms with van der Waals surface area (Å²) in [4.78, 5) is 0. The van der Waals surface area contributed by atoms with Crippen molar-refractivity contribution in [1.29, 1.82) is 0 Å². The van der Waals surface area contributed by atoms with Crippen LogP contribution in [0.3, 0.4) is 0 Å². The molecule has 3 rings (SSSR count). The molecule has 0 spiro atoms. The Bertz CT molecular complexity index is 277. The van der Waals surface area contributed by atoms with E-state index in [9.17, 15) is 0 Å². The lowest BCUT2D eigenvalue weighted by Gasteiger charge is -2.40. The summed E-state index contributed by atoms with van der Waals surface area (Å²) in [6, 6.07) is 1.68. The summed E-state index contributed by atoms with van der Waals surface area (Å²) >= 11 is 0. The van der Waals surface area contributed by atoms with Crippen LogP contribution in [0.25, 0.3) is 0 Å². The Morgan fingerprint density at radius 3 is 2.11 bits per heavy atom. The molecule has 18 heavy (non-hydrogen) atoms. The molecule has 1 heteroatoms. The first kappa shape index (κ1) is 13.0. The van der Waals surface area contributed by atoms with Gasteiger partial charge in [0.2, 0.25) is 0 Å². The largest absolute Gasteiger partial charge is 0.310 e. The van der Waals surface area contributed by atoms with Gasteiger partial charge in [0, 0.05) is 12.1 Å². The second kappa shape index (κ2) is 5.15. The van der Waals surface area contributed by atoms with Gasteiger partial charge in [-0.25, -0.2) is 0 Å². The highest BCUT2D eigenvalue weighted by molar-refractivity contribution is 5.04. The van der Waals surface area contributed by atoms with Crippen molar-refractivity contribution in [2.45, 2.75) is 90.1 Å². The number of nitrogens with one attached hydrogen (secondary N) is 1. The molecule has 1 nitrogen and oxygen atoms in total. The second-order valence-electron chi connectivity index (χ2n) is 7.86. The van der Waals surface area contributed by atoms with Crippen LogP contribution in [0.4, 0.5) is 0 Å². The summed E-state index contributed by atoms with van der Waals surface area (Å²) in [6.45, 7) is 4.84. The molecule has 3 atom stereocenters. The molecule has 3 aliphatic rings. The van der Waals surface area contributed by atoms with E-state index in [2.05, 4.69) is 19.2 Å². The van der Waals surface area contributed by atoms with Gasteiger partial charge in [-0.2, -0.15) is 0 Å². The zero-order chi connectivity index (χ0) is 12.6. The van der Waals surface area contributed by atoms with Gasteiger partial charge in [-0.3, -0.25) is 0 Å². The lowest BCUT2D eigenvalue weighted by atomic mass is 9.71. The van der Waals surface area contributed by atoms with E-state index in [1.165, 1.54) is 64.2 Å². The van der Waals surface area contributed by atoms with Crippen LogP contribution in [0.2, 0.25) is 0 Å². The standard InChI is InChI=1S/C17H31N/c1-17(2)12-16(17)18-15-11-7-6-10-14(15)13-8-4-3-5-9-13/h13-16,18H,3-12H2,1-2H3. The van der Waals surface area contributed by atoms with Crippen molar-refractivity contribution in [3.8, 4) is 0 Å². The fourth-order valence-corrected chi connectivity index (χ4v) is 4.50. The van der Waals surface area contributed by atoms with Gasteiger partial charge in [0.05, 0.1) is 0 Å². The molecule has 0 aromatic rings. The van der Waals surface area contributed by atoms with Crippen molar-refractivity contribution in [3.63, 3.8) is 0 Å². The summed E-state index contributed by atoms with van der Waals surface area (Å²) in [5.74, 6) is 2.06. The number of hydrogen-bond donors (Lipinski definition) is 1. The minimum absolute atomic E-state index is 0.592. The van der Waals surface area contributed by atoms with Crippen molar-refractivity contribution in [3.05, 3.63) is 0 Å². The molecule has 0 aromatic carbocycles. The molecule has 0 heterocycles. The van der Waals surface area contributed by atoms with Crippen molar-refractivity contribution in [2.75, 3.05) is 0 Å². The fraction of sp³-hybridized carbons (Fsp3) is 1.00. The third-order valence-electron chi connectivity index (χ3n) is 6.00. The Labute approximate surface area is 113 Å². The molecular weight excluding hydrogens is 218 g/mol. The molecule has 0 bridgehead atoms. The third kappa shape index (κ3) is 2.76. The zero-order valence-corrected chi connectivity index (χ0v) is 12.4. The van der Waals surface area contributed by atoms with Gasteiger partial charge in [0.15, 0.2) is 0 Å².